The number of carbonyl (C=O) groups excluding carboxylic acids is 2. The second-order valence-electron chi connectivity index (χ2n) is 7.50. The highest BCUT2D eigenvalue weighted by molar-refractivity contribution is 7.13. The summed E-state index contributed by atoms with van der Waals surface area (Å²) in [5.74, 6) is -0.366. The molecule has 3 heterocycles. The van der Waals surface area contributed by atoms with Crippen molar-refractivity contribution in [3.8, 4) is 10.6 Å². The molecule has 8 heteroatoms. The average Bonchev–Trinajstić information content (AvgIpc) is 3.26. The van der Waals surface area contributed by atoms with Crippen LogP contribution in [0.1, 0.15) is 40.5 Å². The number of hydrogen-bond acceptors (Lipinski definition) is 5. The van der Waals surface area contributed by atoms with E-state index in [4.69, 9.17) is 0 Å². The molecular formula is C23H24N4O3S. The molecule has 0 bridgehead atoms. The number of aromatic nitrogens is 2. The lowest BCUT2D eigenvalue weighted by atomic mass is 9.96. The van der Waals surface area contributed by atoms with Gasteiger partial charge in [0.15, 0.2) is 0 Å². The molecule has 0 fully saturated rings. The minimum absolute atomic E-state index is 0.0150. The van der Waals surface area contributed by atoms with Crippen molar-refractivity contribution in [2.45, 2.75) is 32.7 Å². The Balaban J connectivity index is 1.47. The van der Waals surface area contributed by atoms with Crippen LogP contribution in [0.5, 0.6) is 0 Å². The van der Waals surface area contributed by atoms with E-state index in [2.05, 4.69) is 15.3 Å². The number of carbonyl (C=O) groups is 2. The quantitative estimate of drug-likeness (QED) is 0.621. The number of H-pyrrole nitrogens is 1. The summed E-state index contributed by atoms with van der Waals surface area (Å²) in [7, 11) is 0. The van der Waals surface area contributed by atoms with Gasteiger partial charge in [0, 0.05) is 36.8 Å². The smallest absolute Gasteiger partial charge is 0.261 e. The fourth-order valence-electron chi connectivity index (χ4n) is 3.72. The van der Waals surface area contributed by atoms with Crippen molar-refractivity contribution in [1.29, 1.82) is 0 Å². The minimum atomic E-state index is -0.386. The van der Waals surface area contributed by atoms with Crippen molar-refractivity contribution in [2.24, 2.45) is 0 Å². The number of fused-ring (bicyclic) bond motifs is 1. The van der Waals surface area contributed by atoms with Gasteiger partial charge < -0.3 is 15.2 Å². The average molecular weight is 437 g/mol. The van der Waals surface area contributed by atoms with Crippen LogP contribution < -0.4 is 10.9 Å². The van der Waals surface area contributed by atoms with Gasteiger partial charge in [-0.05, 0) is 24.0 Å². The molecule has 4 rings (SSSR count). The van der Waals surface area contributed by atoms with Gasteiger partial charge in [-0.15, -0.1) is 11.3 Å². The Morgan fingerprint density at radius 3 is 2.84 bits per heavy atom. The number of aromatic amines is 1. The molecule has 2 N–H and O–H groups in total. The predicted octanol–water partition coefficient (Wildman–Crippen LogP) is 2.77. The SMILES string of the molecule is CCCNC(=O)c1c2c(c[nH]c1=O)CN(C(=O)Cc1csc(-c3ccccc3)n1)CC2. The van der Waals surface area contributed by atoms with Crippen molar-refractivity contribution in [2.75, 3.05) is 13.1 Å². The van der Waals surface area contributed by atoms with Crippen LogP contribution in [0.4, 0.5) is 0 Å². The number of hydrogen-bond donors (Lipinski definition) is 2. The summed E-state index contributed by atoms with van der Waals surface area (Å²) in [6, 6.07) is 9.89. The van der Waals surface area contributed by atoms with Crippen molar-refractivity contribution < 1.29 is 9.59 Å². The molecule has 0 saturated carbocycles. The summed E-state index contributed by atoms with van der Waals surface area (Å²) in [5, 5.41) is 5.59. The van der Waals surface area contributed by atoms with E-state index in [1.54, 1.807) is 11.1 Å². The van der Waals surface area contributed by atoms with Crippen LogP contribution in [-0.4, -0.2) is 39.8 Å². The number of amides is 2. The third-order valence-corrected chi connectivity index (χ3v) is 6.25. The van der Waals surface area contributed by atoms with E-state index >= 15 is 0 Å². The van der Waals surface area contributed by atoms with Crippen LogP contribution in [0.3, 0.4) is 0 Å². The molecule has 0 atom stereocenters. The zero-order valence-corrected chi connectivity index (χ0v) is 18.1. The van der Waals surface area contributed by atoms with E-state index in [1.807, 2.05) is 42.6 Å². The van der Waals surface area contributed by atoms with E-state index < -0.39 is 0 Å². The van der Waals surface area contributed by atoms with E-state index in [1.165, 1.54) is 11.3 Å². The number of pyridine rings is 1. The van der Waals surface area contributed by atoms with Crippen LogP contribution in [0.15, 0.2) is 46.7 Å². The van der Waals surface area contributed by atoms with Crippen LogP contribution in [0, 0.1) is 0 Å². The lowest BCUT2D eigenvalue weighted by Gasteiger charge is -2.29. The molecule has 0 aliphatic carbocycles. The summed E-state index contributed by atoms with van der Waals surface area (Å²) >= 11 is 1.53. The molecular weight excluding hydrogens is 412 g/mol. The van der Waals surface area contributed by atoms with Gasteiger partial charge in [-0.3, -0.25) is 14.4 Å². The molecule has 0 unspecified atom stereocenters. The van der Waals surface area contributed by atoms with Gasteiger partial charge in [0.25, 0.3) is 11.5 Å². The highest BCUT2D eigenvalue weighted by Crippen LogP contribution is 2.25. The summed E-state index contributed by atoms with van der Waals surface area (Å²) in [5.41, 5.74) is 3.12. The lowest BCUT2D eigenvalue weighted by Crippen LogP contribution is -2.40. The molecule has 0 saturated heterocycles. The molecule has 7 nitrogen and oxygen atoms in total. The number of benzene rings is 1. The third kappa shape index (κ3) is 4.59. The minimum Gasteiger partial charge on any atom is -0.352 e. The molecule has 1 aliphatic rings. The fraction of sp³-hybridized carbons (Fsp3) is 0.304. The van der Waals surface area contributed by atoms with Gasteiger partial charge in [0.1, 0.15) is 10.6 Å². The Morgan fingerprint density at radius 1 is 1.26 bits per heavy atom. The molecule has 31 heavy (non-hydrogen) atoms. The predicted molar refractivity (Wildman–Crippen MR) is 120 cm³/mol. The normalized spacial score (nSPS) is 13.0. The van der Waals surface area contributed by atoms with Gasteiger partial charge >= 0.3 is 0 Å². The van der Waals surface area contributed by atoms with E-state index in [0.29, 0.717) is 26.1 Å². The zero-order valence-electron chi connectivity index (χ0n) is 17.3. The summed E-state index contributed by atoms with van der Waals surface area (Å²) in [6.45, 7) is 3.32. The monoisotopic (exact) mass is 436 g/mol. The van der Waals surface area contributed by atoms with Crippen molar-refractivity contribution >= 4 is 23.2 Å². The second kappa shape index (κ2) is 9.26. The fourth-order valence-corrected chi connectivity index (χ4v) is 4.54. The van der Waals surface area contributed by atoms with Crippen molar-refractivity contribution in [3.63, 3.8) is 0 Å². The van der Waals surface area contributed by atoms with Gasteiger partial charge in [0.2, 0.25) is 5.91 Å². The van der Waals surface area contributed by atoms with Crippen LogP contribution in [0.2, 0.25) is 0 Å². The van der Waals surface area contributed by atoms with Gasteiger partial charge in [-0.25, -0.2) is 4.98 Å². The van der Waals surface area contributed by atoms with E-state index in [9.17, 15) is 14.4 Å². The van der Waals surface area contributed by atoms with E-state index in [0.717, 1.165) is 33.8 Å². The molecule has 0 radical (unpaired) electrons. The first-order valence-corrected chi connectivity index (χ1v) is 11.2. The first-order valence-electron chi connectivity index (χ1n) is 10.4. The number of thiazole rings is 1. The number of nitrogens with one attached hydrogen (secondary N) is 2. The highest BCUT2D eigenvalue weighted by Gasteiger charge is 2.27. The zero-order chi connectivity index (χ0) is 21.8. The first kappa shape index (κ1) is 21.0. The first-order chi connectivity index (χ1) is 15.1. The third-order valence-electron chi connectivity index (χ3n) is 5.31. The van der Waals surface area contributed by atoms with Crippen molar-refractivity contribution in [3.05, 3.63) is 74.6 Å². The van der Waals surface area contributed by atoms with Crippen molar-refractivity contribution in [1.82, 2.24) is 20.2 Å². The summed E-state index contributed by atoms with van der Waals surface area (Å²) in [6.07, 6.45) is 3.12. The molecule has 2 aromatic heterocycles. The molecule has 1 aliphatic heterocycles. The van der Waals surface area contributed by atoms with Crippen LogP contribution in [0.25, 0.3) is 10.6 Å². The number of rotatable bonds is 6. The maximum absolute atomic E-state index is 12.9. The Morgan fingerprint density at radius 2 is 2.06 bits per heavy atom. The van der Waals surface area contributed by atoms with Crippen LogP contribution >= 0.6 is 11.3 Å². The molecule has 2 amide bonds. The Bertz CT molecular complexity index is 1150. The molecule has 160 valence electrons. The maximum Gasteiger partial charge on any atom is 0.261 e. The molecule has 0 spiro atoms. The standard InChI is InChI=1S/C23H24N4O3S/c1-2-9-24-21(29)20-18-8-10-27(13-16(18)12-25-22(20)30)19(28)11-17-14-31-23(26-17)15-6-4-3-5-7-15/h3-7,12,14H,2,8-11,13H2,1H3,(H,24,29)(H,25,30). The Kier molecular flexibility index (Phi) is 6.27. The van der Waals surface area contributed by atoms with Gasteiger partial charge in [-0.2, -0.15) is 0 Å². The van der Waals surface area contributed by atoms with Gasteiger partial charge in [0.05, 0.1) is 12.1 Å². The lowest BCUT2D eigenvalue weighted by molar-refractivity contribution is -0.131. The maximum atomic E-state index is 12.9. The highest BCUT2D eigenvalue weighted by atomic mass is 32.1. The van der Waals surface area contributed by atoms with Gasteiger partial charge in [-0.1, -0.05) is 37.3 Å². The number of nitrogens with zero attached hydrogens (tertiary/aromatic N) is 2. The Labute approximate surface area is 184 Å². The van der Waals surface area contributed by atoms with E-state index in [-0.39, 0.29) is 29.4 Å². The summed E-state index contributed by atoms with van der Waals surface area (Å²) in [4.78, 5) is 46.6. The van der Waals surface area contributed by atoms with Crippen LogP contribution in [-0.2, 0) is 24.2 Å². The largest absolute Gasteiger partial charge is 0.352 e. The summed E-state index contributed by atoms with van der Waals surface area (Å²) < 4.78 is 0. The topological polar surface area (TPSA) is 95.2 Å². The molecule has 1 aromatic carbocycles. The Hall–Kier alpha value is -3.26. The molecule has 3 aromatic rings. The second-order valence-corrected chi connectivity index (χ2v) is 8.36.